The number of benzene rings is 2. The van der Waals surface area contributed by atoms with Gasteiger partial charge in [0.2, 0.25) is 0 Å². The van der Waals surface area contributed by atoms with Crippen LogP contribution in [0.4, 0.5) is 4.39 Å². The third kappa shape index (κ3) is 6.62. The van der Waals surface area contributed by atoms with Crippen LogP contribution < -0.4 is 10.9 Å². The second-order valence-corrected chi connectivity index (χ2v) is 9.12. The van der Waals surface area contributed by atoms with Crippen LogP contribution >= 0.6 is 12.2 Å². The lowest BCUT2D eigenvalue weighted by Gasteiger charge is -2.28. The number of nitrogens with one attached hydrogen (secondary N) is 2. The number of aromatic nitrogens is 1. The van der Waals surface area contributed by atoms with Gasteiger partial charge in [0.1, 0.15) is 5.82 Å². The summed E-state index contributed by atoms with van der Waals surface area (Å²) in [5.41, 5.74) is 3.37. The largest absolute Gasteiger partial charge is 0.379 e. The quantitative estimate of drug-likeness (QED) is 0.378. The first-order valence-corrected chi connectivity index (χ1v) is 12.1. The van der Waals surface area contributed by atoms with Gasteiger partial charge >= 0.3 is 0 Å². The third-order valence-corrected chi connectivity index (χ3v) is 6.45. The Hall–Kier alpha value is -2.81. The molecule has 0 bridgehead atoms. The van der Waals surface area contributed by atoms with Crippen molar-refractivity contribution in [3.05, 3.63) is 81.4 Å². The van der Waals surface area contributed by atoms with E-state index in [1.165, 1.54) is 12.1 Å². The van der Waals surface area contributed by atoms with Gasteiger partial charge in [-0.1, -0.05) is 23.8 Å². The highest BCUT2D eigenvalue weighted by atomic mass is 32.1. The number of hydrogen-bond donors (Lipinski definition) is 2. The zero-order chi connectivity index (χ0) is 23.9. The lowest BCUT2D eigenvalue weighted by molar-refractivity contribution is 0.0376. The molecule has 4 rings (SSSR count). The van der Waals surface area contributed by atoms with E-state index in [-0.39, 0.29) is 11.4 Å². The van der Waals surface area contributed by atoms with Crippen LogP contribution in [-0.4, -0.2) is 59.3 Å². The van der Waals surface area contributed by atoms with Crippen LogP contribution in [0, 0.1) is 12.7 Å². The van der Waals surface area contributed by atoms with Crippen molar-refractivity contribution < 1.29 is 9.13 Å². The standard InChI is InChI=1S/C26H31FN4O2S/c1-19-3-8-24-21(15-19)16-22(25(32)29-24)18-31(17-20-4-6-23(27)7-5-20)26(34)28-9-2-10-30-11-13-33-14-12-30/h3-8,15-16H,2,9-14,17-18H2,1H3,(H,28,34)(H,29,32). The Bertz CT molecular complexity index is 1180. The Morgan fingerprint density at radius 2 is 1.91 bits per heavy atom. The maximum atomic E-state index is 13.4. The molecule has 0 aliphatic carbocycles. The summed E-state index contributed by atoms with van der Waals surface area (Å²) < 4.78 is 18.8. The van der Waals surface area contributed by atoms with E-state index in [1.54, 1.807) is 12.1 Å². The van der Waals surface area contributed by atoms with Crippen LogP contribution in [0.5, 0.6) is 0 Å². The van der Waals surface area contributed by atoms with Crippen LogP contribution in [-0.2, 0) is 17.8 Å². The Balaban J connectivity index is 1.46. The highest BCUT2D eigenvalue weighted by molar-refractivity contribution is 7.80. The second kappa shape index (κ2) is 11.6. The number of ether oxygens (including phenoxy) is 1. The van der Waals surface area contributed by atoms with E-state index < -0.39 is 0 Å². The van der Waals surface area contributed by atoms with Gasteiger partial charge < -0.3 is 19.9 Å². The lowest BCUT2D eigenvalue weighted by atomic mass is 10.1. The van der Waals surface area contributed by atoms with Gasteiger partial charge in [-0.3, -0.25) is 9.69 Å². The first-order chi connectivity index (χ1) is 16.5. The van der Waals surface area contributed by atoms with Crippen molar-refractivity contribution in [2.45, 2.75) is 26.4 Å². The molecule has 1 aromatic heterocycles. The number of hydrogen-bond acceptors (Lipinski definition) is 4. The van der Waals surface area contributed by atoms with Crippen molar-refractivity contribution in [3.8, 4) is 0 Å². The summed E-state index contributed by atoms with van der Waals surface area (Å²) in [6, 6.07) is 14.3. The fourth-order valence-electron chi connectivity index (χ4n) is 4.14. The van der Waals surface area contributed by atoms with Crippen LogP contribution in [0.3, 0.4) is 0 Å². The summed E-state index contributed by atoms with van der Waals surface area (Å²) in [5, 5.41) is 4.92. The maximum absolute atomic E-state index is 13.4. The van der Waals surface area contributed by atoms with E-state index in [2.05, 4.69) is 21.3 Å². The molecule has 1 saturated heterocycles. The van der Waals surface area contributed by atoms with Gasteiger partial charge in [0, 0.05) is 37.3 Å². The minimum atomic E-state index is -0.277. The molecule has 34 heavy (non-hydrogen) atoms. The number of H-pyrrole nitrogens is 1. The van der Waals surface area contributed by atoms with Crippen molar-refractivity contribution in [2.24, 2.45) is 0 Å². The van der Waals surface area contributed by atoms with Crippen molar-refractivity contribution in [2.75, 3.05) is 39.4 Å². The molecule has 0 radical (unpaired) electrons. The monoisotopic (exact) mass is 482 g/mol. The van der Waals surface area contributed by atoms with Gasteiger partial charge in [0.25, 0.3) is 5.56 Å². The smallest absolute Gasteiger partial charge is 0.253 e. The maximum Gasteiger partial charge on any atom is 0.253 e. The molecule has 1 fully saturated rings. The summed E-state index contributed by atoms with van der Waals surface area (Å²) >= 11 is 5.72. The van der Waals surface area contributed by atoms with Gasteiger partial charge in [-0.2, -0.15) is 0 Å². The Morgan fingerprint density at radius 1 is 1.15 bits per heavy atom. The van der Waals surface area contributed by atoms with Gasteiger partial charge in [0.05, 0.1) is 19.8 Å². The van der Waals surface area contributed by atoms with Gasteiger partial charge in [-0.15, -0.1) is 0 Å². The molecule has 1 aliphatic rings. The predicted octanol–water partition coefficient (Wildman–Crippen LogP) is 3.57. The zero-order valence-corrected chi connectivity index (χ0v) is 20.3. The van der Waals surface area contributed by atoms with Crippen LogP contribution in [0.15, 0.2) is 53.3 Å². The van der Waals surface area contributed by atoms with Crippen LogP contribution in [0.25, 0.3) is 10.9 Å². The molecular weight excluding hydrogens is 451 g/mol. The Morgan fingerprint density at radius 3 is 2.68 bits per heavy atom. The number of aromatic amines is 1. The van der Waals surface area contributed by atoms with Crippen molar-refractivity contribution in [1.29, 1.82) is 0 Å². The fraction of sp³-hybridized carbons (Fsp3) is 0.385. The van der Waals surface area contributed by atoms with Gasteiger partial charge in [-0.05, 0) is 73.4 Å². The van der Waals surface area contributed by atoms with Crippen molar-refractivity contribution in [1.82, 2.24) is 20.1 Å². The average molecular weight is 483 g/mol. The Labute approximate surface area is 204 Å². The molecule has 2 N–H and O–H groups in total. The molecule has 3 aromatic rings. The molecule has 2 heterocycles. The average Bonchev–Trinajstić information content (AvgIpc) is 2.84. The Kier molecular flexibility index (Phi) is 8.26. The topological polar surface area (TPSA) is 60.6 Å². The number of halogens is 1. The molecule has 0 spiro atoms. The number of morpholine rings is 1. The highest BCUT2D eigenvalue weighted by Crippen LogP contribution is 2.16. The highest BCUT2D eigenvalue weighted by Gasteiger charge is 2.15. The summed E-state index contributed by atoms with van der Waals surface area (Å²) in [4.78, 5) is 20.1. The summed E-state index contributed by atoms with van der Waals surface area (Å²) in [7, 11) is 0. The van der Waals surface area contributed by atoms with Gasteiger partial charge in [0.15, 0.2) is 5.11 Å². The third-order valence-electron chi connectivity index (χ3n) is 6.04. The molecule has 0 amide bonds. The van der Waals surface area contributed by atoms with E-state index in [9.17, 15) is 9.18 Å². The molecule has 2 aromatic carbocycles. The van der Waals surface area contributed by atoms with Crippen LogP contribution in [0.2, 0.25) is 0 Å². The van der Waals surface area contributed by atoms with E-state index >= 15 is 0 Å². The van der Waals surface area contributed by atoms with E-state index in [1.807, 2.05) is 30.0 Å². The molecule has 1 aliphatic heterocycles. The molecule has 6 nitrogen and oxygen atoms in total. The molecule has 0 unspecified atom stereocenters. The summed E-state index contributed by atoms with van der Waals surface area (Å²) in [6.07, 6.45) is 0.959. The SMILES string of the molecule is Cc1ccc2[nH]c(=O)c(CN(Cc3ccc(F)cc3)C(=S)NCCCN3CCOCC3)cc2c1. The number of rotatable bonds is 8. The first kappa shape index (κ1) is 24.3. The fourth-order valence-corrected chi connectivity index (χ4v) is 4.37. The number of thiocarbonyl (C=S) groups is 1. The van der Waals surface area contributed by atoms with E-state index in [4.69, 9.17) is 17.0 Å². The van der Waals surface area contributed by atoms with Crippen molar-refractivity contribution >= 4 is 28.2 Å². The molecule has 8 heteroatoms. The lowest BCUT2D eigenvalue weighted by Crippen LogP contribution is -2.42. The predicted molar refractivity (Wildman–Crippen MR) is 137 cm³/mol. The van der Waals surface area contributed by atoms with Crippen LogP contribution in [0.1, 0.15) is 23.1 Å². The molecule has 0 saturated carbocycles. The first-order valence-electron chi connectivity index (χ1n) is 11.7. The molecular formula is C26H31FN4O2S. The summed E-state index contributed by atoms with van der Waals surface area (Å²) in [5.74, 6) is -0.277. The number of nitrogens with zero attached hydrogens (tertiary/aromatic N) is 2. The van der Waals surface area contributed by atoms with Crippen molar-refractivity contribution in [3.63, 3.8) is 0 Å². The number of fused-ring (bicyclic) bond motifs is 1. The van der Waals surface area contributed by atoms with Gasteiger partial charge in [-0.25, -0.2) is 4.39 Å². The number of pyridine rings is 1. The van der Waals surface area contributed by atoms with E-state index in [0.29, 0.717) is 23.8 Å². The number of aryl methyl sites for hydroxylation is 1. The summed E-state index contributed by atoms with van der Waals surface area (Å²) in [6.45, 7) is 8.09. The minimum Gasteiger partial charge on any atom is -0.379 e. The molecule has 0 atom stereocenters. The molecule has 180 valence electrons. The normalized spacial score (nSPS) is 14.3. The minimum absolute atomic E-state index is 0.129. The zero-order valence-electron chi connectivity index (χ0n) is 19.5. The van der Waals surface area contributed by atoms with E-state index in [0.717, 1.165) is 67.8 Å². The second-order valence-electron chi connectivity index (χ2n) is 8.74.